The minimum atomic E-state index is -0.0411. The molecule has 1 aromatic heterocycles. The smallest absolute Gasteiger partial charge is 0.245 e. The number of amides is 1. The molecule has 0 fully saturated rings. The van der Waals surface area contributed by atoms with Gasteiger partial charge in [0.2, 0.25) is 6.34 Å². The van der Waals surface area contributed by atoms with Crippen LogP contribution in [0.3, 0.4) is 0 Å². The van der Waals surface area contributed by atoms with Crippen molar-refractivity contribution in [3.05, 3.63) is 60.3 Å². The van der Waals surface area contributed by atoms with E-state index >= 15 is 0 Å². The molecule has 1 aromatic carbocycles. The Morgan fingerprint density at radius 2 is 2.00 bits per heavy atom. The molecule has 0 aliphatic carbocycles. The second kappa shape index (κ2) is 6.53. The van der Waals surface area contributed by atoms with E-state index in [1.54, 1.807) is 29.6 Å². The van der Waals surface area contributed by atoms with Gasteiger partial charge in [-0.1, -0.05) is 37.3 Å². The lowest BCUT2D eigenvalue weighted by atomic mass is 10.1. The van der Waals surface area contributed by atoms with Gasteiger partial charge in [0, 0.05) is 24.4 Å². The number of hydrogen-bond acceptors (Lipinski definition) is 3. The largest absolute Gasteiger partial charge is 0.439 e. The van der Waals surface area contributed by atoms with E-state index in [4.69, 9.17) is 0 Å². The van der Waals surface area contributed by atoms with Crippen LogP contribution in [0.2, 0.25) is 0 Å². The second-order valence-corrected chi connectivity index (χ2v) is 6.28. The molecule has 1 unspecified atom stereocenters. The van der Waals surface area contributed by atoms with E-state index in [9.17, 15) is 4.79 Å². The Morgan fingerprint density at radius 1 is 1.25 bits per heavy atom. The fourth-order valence-corrected chi connectivity index (χ4v) is 3.24. The van der Waals surface area contributed by atoms with Gasteiger partial charge in [0.25, 0.3) is 0 Å². The van der Waals surface area contributed by atoms with Crippen LogP contribution >= 0.6 is 0 Å². The monoisotopic (exact) mass is 323 g/mol. The van der Waals surface area contributed by atoms with Gasteiger partial charge in [-0.15, -0.1) is 0 Å². The van der Waals surface area contributed by atoms with Crippen LogP contribution in [0.25, 0.3) is 5.70 Å². The number of hydrogen-bond donors (Lipinski definition) is 0. The Morgan fingerprint density at radius 3 is 2.58 bits per heavy atom. The highest BCUT2D eigenvalue weighted by molar-refractivity contribution is 5.87. The van der Waals surface area contributed by atoms with Gasteiger partial charge in [0.1, 0.15) is 18.1 Å². The summed E-state index contributed by atoms with van der Waals surface area (Å²) in [7, 11) is 0. The van der Waals surface area contributed by atoms with E-state index in [0.717, 1.165) is 29.8 Å². The van der Waals surface area contributed by atoms with Crippen molar-refractivity contribution < 1.29 is 9.28 Å². The van der Waals surface area contributed by atoms with Crippen LogP contribution in [0, 0.1) is 0 Å². The van der Waals surface area contributed by atoms with E-state index in [2.05, 4.69) is 30.7 Å². The van der Waals surface area contributed by atoms with Gasteiger partial charge in [-0.25, -0.2) is 14.3 Å². The van der Waals surface area contributed by atoms with Gasteiger partial charge in [0.15, 0.2) is 5.70 Å². The molecule has 0 radical (unpaired) electrons. The SMILES string of the molecule is CCCC1=C(c2ccccc2)N=C[N+]1(C(=O)n1ccnc1)C(C)C. The minimum Gasteiger partial charge on any atom is -0.245 e. The lowest BCUT2D eigenvalue weighted by molar-refractivity contribution is -0.733. The summed E-state index contributed by atoms with van der Waals surface area (Å²) >= 11 is 0. The first-order valence-corrected chi connectivity index (χ1v) is 8.37. The summed E-state index contributed by atoms with van der Waals surface area (Å²) in [4.78, 5) is 22.0. The van der Waals surface area contributed by atoms with Gasteiger partial charge in [-0.3, -0.25) is 0 Å². The summed E-state index contributed by atoms with van der Waals surface area (Å²) in [6, 6.07) is 10.1. The minimum absolute atomic E-state index is 0.0411. The van der Waals surface area contributed by atoms with Gasteiger partial charge < -0.3 is 0 Å². The second-order valence-electron chi connectivity index (χ2n) is 6.28. The third kappa shape index (κ3) is 2.51. The molecule has 5 nitrogen and oxygen atoms in total. The summed E-state index contributed by atoms with van der Waals surface area (Å²) in [5.41, 5.74) is 3.02. The third-order valence-corrected chi connectivity index (χ3v) is 4.48. The highest BCUT2D eigenvalue weighted by atomic mass is 16.2. The zero-order valence-corrected chi connectivity index (χ0v) is 14.4. The molecular weight excluding hydrogens is 300 g/mol. The molecule has 1 atom stereocenters. The summed E-state index contributed by atoms with van der Waals surface area (Å²) in [5, 5.41) is 0. The maximum atomic E-state index is 13.3. The molecule has 0 N–H and O–H groups in total. The van der Waals surface area contributed by atoms with Crippen molar-refractivity contribution in [2.24, 2.45) is 4.99 Å². The maximum absolute atomic E-state index is 13.3. The van der Waals surface area contributed by atoms with E-state index in [1.807, 2.05) is 30.3 Å². The number of rotatable bonds is 4. The molecule has 1 amide bonds. The molecule has 2 heterocycles. The summed E-state index contributed by atoms with van der Waals surface area (Å²) < 4.78 is 1.67. The van der Waals surface area contributed by atoms with Crippen LogP contribution in [0.15, 0.2) is 59.7 Å². The van der Waals surface area contributed by atoms with Gasteiger partial charge in [0.05, 0.1) is 0 Å². The summed E-state index contributed by atoms with van der Waals surface area (Å²) in [6.45, 7) is 6.25. The Bertz CT molecular complexity index is 775. The topological polar surface area (TPSA) is 47.2 Å². The molecule has 0 saturated heterocycles. The summed E-state index contributed by atoms with van der Waals surface area (Å²) in [5.74, 6) is 0. The fraction of sp³-hybridized carbons (Fsp3) is 0.316. The van der Waals surface area contributed by atoms with Gasteiger partial charge >= 0.3 is 6.03 Å². The molecule has 24 heavy (non-hydrogen) atoms. The van der Waals surface area contributed by atoms with E-state index in [1.165, 1.54) is 0 Å². The Balaban J connectivity index is 2.17. The van der Waals surface area contributed by atoms with Crippen LogP contribution in [0.4, 0.5) is 4.79 Å². The highest BCUT2D eigenvalue weighted by Crippen LogP contribution is 2.38. The van der Waals surface area contributed by atoms with E-state index < -0.39 is 0 Å². The average Bonchev–Trinajstić information content (AvgIpc) is 3.24. The van der Waals surface area contributed by atoms with Gasteiger partial charge in [-0.2, -0.15) is 9.48 Å². The van der Waals surface area contributed by atoms with Gasteiger partial charge in [-0.05, 0) is 20.3 Å². The van der Waals surface area contributed by atoms with Crippen molar-refractivity contribution >= 4 is 18.1 Å². The molecule has 0 spiro atoms. The molecule has 2 aromatic rings. The predicted octanol–water partition coefficient (Wildman–Crippen LogP) is 4.29. The number of carbonyl (C=O) groups is 1. The molecule has 5 heteroatoms. The molecular formula is C19H23N4O+. The number of aliphatic imine (C=N–C) groups is 1. The Kier molecular flexibility index (Phi) is 4.44. The third-order valence-electron chi connectivity index (χ3n) is 4.48. The quantitative estimate of drug-likeness (QED) is 0.788. The van der Waals surface area contributed by atoms with E-state index in [-0.39, 0.29) is 16.6 Å². The molecule has 1 aliphatic heterocycles. The van der Waals surface area contributed by atoms with Crippen LogP contribution in [-0.4, -0.2) is 32.4 Å². The number of quaternary nitrogens is 1. The number of nitrogens with zero attached hydrogens (tertiary/aromatic N) is 4. The van der Waals surface area contributed by atoms with Crippen LogP contribution in [0.1, 0.15) is 39.2 Å². The first-order chi connectivity index (χ1) is 11.6. The lowest BCUT2D eigenvalue weighted by Crippen LogP contribution is -2.55. The maximum Gasteiger partial charge on any atom is 0.439 e. The standard InChI is InChI=1S/C19H23N4O/c1-4-8-17-18(16-9-6-5-7-10-16)21-14-23(17,15(2)3)19(24)22-12-11-20-13-22/h5-7,9-15H,4,8H2,1-3H3/q+1. The van der Waals surface area contributed by atoms with Crippen molar-refractivity contribution in [1.82, 2.24) is 9.55 Å². The molecule has 0 saturated carbocycles. The molecule has 1 aliphatic rings. The van der Waals surface area contributed by atoms with Crippen molar-refractivity contribution in [2.45, 2.75) is 39.7 Å². The Labute approximate surface area is 142 Å². The van der Waals surface area contributed by atoms with E-state index in [0.29, 0.717) is 0 Å². The zero-order chi connectivity index (χ0) is 17.2. The number of imidazole rings is 1. The fourth-order valence-electron chi connectivity index (χ4n) is 3.24. The van der Waals surface area contributed by atoms with Crippen molar-refractivity contribution in [3.8, 4) is 0 Å². The van der Waals surface area contributed by atoms with Crippen molar-refractivity contribution in [3.63, 3.8) is 0 Å². The van der Waals surface area contributed by atoms with Crippen LogP contribution < -0.4 is 0 Å². The predicted molar refractivity (Wildman–Crippen MR) is 95.2 cm³/mol. The first kappa shape index (κ1) is 16.3. The van der Waals surface area contributed by atoms with Crippen LogP contribution in [0.5, 0.6) is 0 Å². The number of aromatic nitrogens is 2. The number of benzene rings is 1. The van der Waals surface area contributed by atoms with Crippen molar-refractivity contribution in [2.75, 3.05) is 0 Å². The average molecular weight is 323 g/mol. The zero-order valence-electron chi connectivity index (χ0n) is 14.4. The lowest BCUT2D eigenvalue weighted by Gasteiger charge is -2.33. The number of carbonyl (C=O) groups excluding carboxylic acids is 1. The molecule has 124 valence electrons. The number of allylic oxidation sites excluding steroid dienone is 1. The summed E-state index contributed by atoms with van der Waals surface area (Å²) in [6.07, 6.45) is 8.46. The van der Waals surface area contributed by atoms with Crippen molar-refractivity contribution in [1.29, 1.82) is 0 Å². The normalized spacial score (nSPS) is 20.2. The molecule has 3 rings (SSSR count). The highest BCUT2D eigenvalue weighted by Gasteiger charge is 2.49. The first-order valence-electron chi connectivity index (χ1n) is 8.37. The molecule has 0 bridgehead atoms. The Hall–Kier alpha value is -2.53. The van der Waals surface area contributed by atoms with Crippen LogP contribution in [-0.2, 0) is 0 Å².